The molecule has 1 aliphatic heterocycles. The lowest BCUT2D eigenvalue weighted by molar-refractivity contribution is -0.140. The molecule has 1 heterocycles. The zero-order chi connectivity index (χ0) is 6.15. The van der Waals surface area contributed by atoms with Crippen molar-refractivity contribution in [3.63, 3.8) is 0 Å². The van der Waals surface area contributed by atoms with Crippen LogP contribution < -0.4 is 0 Å². The number of alkyl halides is 1. The molecule has 2 atom stereocenters. The molecule has 0 N–H and O–H groups in total. The van der Waals surface area contributed by atoms with E-state index in [4.69, 9.17) is 4.74 Å². The molecule has 1 aliphatic rings. The molecule has 3 heteroatoms. The summed E-state index contributed by atoms with van der Waals surface area (Å²) >= 11 is 3.17. The van der Waals surface area contributed by atoms with E-state index in [1.54, 1.807) is 0 Å². The lowest BCUT2D eigenvalue weighted by atomic mass is 10.3. The molecule has 0 bridgehead atoms. The van der Waals surface area contributed by atoms with Gasteiger partial charge < -0.3 is 4.74 Å². The van der Waals surface area contributed by atoms with Crippen LogP contribution in [0.2, 0.25) is 0 Å². The second-order valence-electron chi connectivity index (χ2n) is 1.95. The number of carbonyl (C=O) groups excluding carboxylic acids is 1. The fourth-order valence-corrected chi connectivity index (χ4v) is 1.34. The molecule has 0 aromatic heterocycles. The highest BCUT2D eigenvalue weighted by Gasteiger charge is 2.28. The first kappa shape index (κ1) is 6.08. The van der Waals surface area contributed by atoms with E-state index in [9.17, 15) is 4.79 Å². The average molecular weight is 179 g/mol. The molecule has 0 aliphatic carbocycles. The summed E-state index contributed by atoms with van der Waals surface area (Å²) in [5.74, 6) is -0.127. The van der Waals surface area contributed by atoms with E-state index in [0.29, 0.717) is 0 Å². The summed E-state index contributed by atoms with van der Waals surface area (Å²) in [7, 11) is 0. The Kier molecular flexibility index (Phi) is 1.56. The lowest BCUT2D eigenvalue weighted by Crippen LogP contribution is -2.04. The van der Waals surface area contributed by atoms with E-state index in [1.165, 1.54) is 0 Å². The summed E-state index contributed by atoms with van der Waals surface area (Å²) in [5, 5.41) is 0. The van der Waals surface area contributed by atoms with Crippen LogP contribution in [0.4, 0.5) is 0 Å². The Balaban J connectivity index is 2.51. The third kappa shape index (κ3) is 1.02. The summed E-state index contributed by atoms with van der Waals surface area (Å²) < 4.78 is 4.79. The molecule has 1 rings (SSSR count). The van der Waals surface area contributed by atoms with Gasteiger partial charge in [0.05, 0.1) is 0 Å². The van der Waals surface area contributed by atoms with Crippen molar-refractivity contribution in [3.8, 4) is 0 Å². The SMILES string of the molecule is C[C@@H]1CC(Br)C(=O)O1. The summed E-state index contributed by atoms with van der Waals surface area (Å²) in [6.07, 6.45) is 0.908. The van der Waals surface area contributed by atoms with Gasteiger partial charge in [0.2, 0.25) is 0 Å². The zero-order valence-electron chi connectivity index (χ0n) is 4.56. The Labute approximate surface area is 56.3 Å². The Bertz CT molecular complexity index is 113. The highest BCUT2D eigenvalue weighted by atomic mass is 79.9. The van der Waals surface area contributed by atoms with Crippen LogP contribution in [0.15, 0.2) is 0 Å². The van der Waals surface area contributed by atoms with Crippen molar-refractivity contribution in [1.82, 2.24) is 0 Å². The number of carbonyl (C=O) groups is 1. The second-order valence-corrected chi connectivity index (χ2v) is 3.06. The average Bonchev–Trinajstić information content (AvgIpc) is 1.85. The van der Waals surface area contributed by atoms with Gasteiger partial charge in [-0.25, -0.2) is 0 Å². The smallest absolute Gasteiger partial charge is 0.320 e. The van der Waals surface area contributed by atoms with E-state index in [2.05, 4.69) is 15.9 Å². The molecular formula is C5H7BrO2. The first-order valence-electron chi connectivity index (χ1n) is 2.54. The van der Waals surface area contributed by atoms with Crippen molar-refractivity contribution in [1.29, 1.82) is 0 Å². The van der Waals surface area contributed by atoms with E-state index >= 15 is 0 Å². The molecule has 0 saturated carbocycles. The molecule has 1 unspecified atom stereocenters. The maximum Gasteiger partial charge on any atom is 0.320 e. The molecule has 1 fully saturated rings. The minimum absolute atomic E-state index is 0.0579. The van der Waals surface area contributed by atoms with E-state index < -0.39 is 0 Å². The summed E-state index contributed by atoms with van der Waals surface area (Å²) in [4.78, 5) is 10.5. The third-order valence-corrected chi connectivity index (χ3v) is 1.86. The molecule has 0 spiro atoms. The maximum atomic E-state index is 10.5. The van der Waals surface area contributed by atoms with Gasteiger partial charge in [0.15, 0.2) is 0 Å². The van der Waals surface area contributed by atoms with Gasteiger partial charge >= 0.3 is 5.97 Å². The molecule has 8 heavy (non-hydrogen) atoms. The zero-order valence-corrected chi connectivity index (χ0v) is 6.14. The number of ether oxygens (including phenoxy) is 1. The minimum Gasteiger partial charge on any atom is -0.462 e. The van der Waals surface area contributed by atoms with Crippen LogP contribution in [0.25, 0.3) is 0 Å². The standard InChI is InChI=1S/C5H7BrO2/c1-3-2-4(6)5(7)8-3/h3-4H,2H2,1H3/t3-,4?/m1/s1. The van der Waals surface area contributed by atoms with Crippen LogP contribution in [-0.4, -0.2) is 16.9 Å². The normalized spacial score (nSPS) is 37.5. The van der Waals surface area contributed by atoms with Crippen LogP contribution in [-0.2, 0) is 9.53 Å². The van der Waals surface area contributed by atoms with Gasteiger partial charge in [0, 0.05) is 6.42 Å². The number of hydrogen-bond acceptors (Lipinski definition) is 2. The molecular weight excluding hydrogens is 172 g/mol. The van der Waals surface area contributed by atoms with Gasteiger partial charge in [-0.05, 0) is 6.92 Å². The molecule has 2 nitrogen and oxygen atoms in total. The van der Waals surface area contributed by atoms with Crippen molar-refractivity contribution in [2.24, 2.45) is 0 Å². The maximum absolute atomic E-state index is 10.5. The van der Waals surface area contributed by atoms with E-state index in [-0.39, 0.29) is 16.9 Å². The van der Waals surface area contributed by atoms with Crippen LogP contribution in [0.3, 0.4) is 0 Å². The van der Waals surface area contributed by atoms with E-state index in [1.807, 2.05) is 6.92 Å². The third-order valence-electron chi connectivity index (χ3n) is 1.11. The number of cyclic esters (lactones) is 1. The summed E-state index contributed by atoms with van der Waals surface area (Å²) in [6, 6.07) is 0. The Morgan fingerprint density at radius 2 is 2.50 bits per heavy atom. The van der Waals surface area contributed by atoms with Crippen molar-refractivity contribution in [2.45, 2.75) is 24.3 Å². The minimum atomic E-state index is -0.127. The largest absolute Gasteiger partial charge is 0.462 e. The van der Waals surface area contributed by atoms with Gasteiger partial charge in [-0.15, -0.1) is 0 Å². The topological polar surface area (TPSA) is 26.3 Å². The molecule has 0 aromatic carbocycles. The quantitative estimate of drug-likeness (QED) is 0.411. The van der Waals surface area contributed by atoms with Crippen LogP contribution in [0.1, 0.15) is 13.3 Å². The number of hydrogen-bond donors (Lipinski definition) is 0. The van der Waals surface area contributed by atoms with Crippen molar-refractivity contribution < 1.29 is 9.53 Å². The van der Waals surface area contributed by atoms with E-state index in [0.717, 1.165) is 6.42 Å². The molecule has 0 radical (unpaired) electrons. The Hall–Kier alpha value is -0.0500. The number of rotatable bonds is 0. The van der Waals surface area contributed by atoms with Crippen molar-refractivity contribution in [2.75, 3.05) is 0 Å². The van der Waals surface area contributed by atoms with Crippen LogP contribution in [0, 0.1) is 0 Å². The summed E-state index contributed by atoms with van der Waals surface area (Å²) in [5.41, 5.74) is 0. The number of halogens is 1. The molecule has 46 valence electrons. The van der Waals surface area contributed by atoms with Crippen molar-refractivity contribution in [3.05, 3.63) is 0 Å². The summed E-state index contributed by atoms with van der Waals surface area (Å²) in [6.45, 7) is 1.89. The first-order valence-corrected chi connectivity index (χ1v) is 3.46. The highest BCUT2D eigenvalue weighted by Crippen LogP contribution is 2.20. The van der Waals surface area contributed by atoms with Gasteiger partial charge in [-0.3, -0.25) is 4.79 Å². The van der Waals surface area contributed by atoms with Crippen molar-refractivity contribution >= 4 is 21.9 Å². The first-order chi connectivity index (χ1) is 3.70. The molecule has 1 saturated heterocycles. The lowest BCUT2D eigenvalue weighted by Gasteiger charge is -1.95. The molecule has 0 aromatic rings. The van der Waals surface area contributed by atoms with Crippen LogP contribution in [0.5, 0.6) is 0 Å². The second kappa shape index (κ2) is 2.05. The van der Waals surface area contributed by atoms with Gasteiger partial charge in [-0.1, -0.05) is 15.9 Å². The predicted octanol–water partition coefficient (Wildman–Crippen LogP) is 1.09. The Morgan fingerprint density at radius 1 is 1.88 bits per heavy atom. The fourth-order valence-electron chi connectivity index (χ4n) is 0.708. The van der Waals surface area contributed by atoms with Crippen LogP contribution >= 0.6 is 15.9 Å². The predicted molar refractivity (Wildman–Crippen MR) is 32.9 cm³/mol. The molecule has 0 amide bonds. The monoisotopic (exact) mass is 178 g/mol. The van der Waals surface area contributed by atoms with Gasteiger partial charge in [0.25, 0.3) is 0 Å². The number of esters is 1. The van der Waals surface area contributed by atoms with Gasteiger partial charge in [-0.2, -0.15) is 0 Å². The van der Waals surface area contributed by atoms with Gasteiger partial charge in [0.1, 0.15) is 10.9 Å². The Morgan fingerprint density at radius 3 is 2.62 bits per heavy atom. The fraction of sp³-hybridized carbons (Fsp3) is 0.800. The highest BCUT2D eigenvalue weighted by molar-refractivity contribution is 9.10.